The molecule has 8 heteroatoms. The molecule has 0 heterocycles. The van der Waals surface area contributed by atoms with Gasteiger partial charge in [0.15, 0.2) is 0 Å². The number of benzene rings is 2. The summed E-state index contributed by atoms with van der Waals surface area (Å²) in [4.78, 5) is 21.7. The van der Waals surface area contributed by atoms with Crippen molar-refractivity contribution in [2.24, 2.45) is 0 Å². The van der Waals surface area contributed by atoms with Gasteiger partial charge in [0.2, 0.25) is 5.91 Å². The molecular formula is C18H21N3O5. The van der Waals surface area contributed by atoms with E-state index in [1.54, 1.807) is 12.1 Å². The maximum Gasteiger partial charge on any atom is 0.269 e. The van der Waals surface area contributed by atoms with Crippen molar-refractivity contribution in [1.29, 1.82) is 0 Å². The van der Waals surface area contributed by atoms with Crippen LogP contribution in [-0.2, 0) is 9.53 Å². The normalized spacial score (nSPS) is 10.2. The van der Waals surface area contributed by atoms with Crippen molar-refractivity contribution in [2.75, 3.05) is 38.2 Å². The summed E-state index contributed by atoms with van der Waals surface area (Å²) in [5, 5.41) is 16.3. The summed E-state index contributed by atoms with van der Waals surface area (Å²) >= 11 is 0. The first-order valence-corrected chi connectivity index (χ1v) is 8.16. The molecule has 0 radical (unpaired) electrons. The van der Waals surface area contributed by atoms with E-state index >= 15 is 0 Å². The lowest BCUT2D eigenvalue weighted by atomic mass is 10.3. The van der Waals surface area contributed by atoms with E-state index < -0.39 is 4.92 Å². The molecule has 2 N–H and O–H groups in total. The quantitative estimate of drug-likeness (QED) is 0.362. The van der Waals surface area contributed by atoms with Crippen molar-refractivity contribution in [3.8, 4) is 5.75 Å². The Morgan fingerprint density at radius 3 is 2.42 bits per heavy atom. The van der Waals surface area contributed by atoms with Gasteiger partial charge in [-0.1, -0.05) is 18.2 Å². The van der Waals surface area contributed by atoms with Gasteiger partial charge < -0.3 is 20.1 Å². The summed E-state index contributed by atoms with van der Waals surface area (Å²) in [6, 6.07) is 15.5. The Hall–Kier alpha value is -3.13. The molecule has 0 fully saturated rings. The minimum Gasteiger partial charge on any atom is -0.491 e. The van der Waals surface area contributed by atoms with Gasteiger partial charge in [-0.3, -0.25) is 14.9 Å². The smallest absolute Gasteiger partial charge is 0.269 e. The summed E-state index contributed by atoms with van der Waals surface area (Å²) in [5.41, 5.74) is 0.788. The second-order valence-electron chi connectivity index (χ2n) is 5.29. The average Bonchev–Trinajstić information content (AvgIpc) is 2.66. The number of carbonyl (C=O) groups is 1. The zero-order valence-corrected chi connectivity index (χ0v) is 14.2. The molecule has 0 aliphatic heterocycles. The third-order valence-corrected chi connectivity index (χ3v) is 3.33. The number of nitro benzene ring substituents is 1. The zero-order chi connectivity index (χ0) is 18.6. The number of ether oxygens (including phenoxy) is 2. The Labute approximate surface area is 151 Å². The average molecular weight is 359 g/mol. The van der Waals surface area contributed by atoms with Gasteiger partial charge in [0, 0.05) is 30.9 Å². The van der Waals surface area contributed by atoms with Crippen LogP contribution in [0.2, 0.25) is 0 Å². The Kier molecular flexibility index (Phi) is 7.88. The maximum absolute atomic E-state index is 11.6. The van der Waals surface area contributed by atoms with Crippen LogP contribution in [0.3, 0.4) is 0 Å². The number of rotatable bonds is 11. The number of carbonyl (C=O) groups excluding carboxylic acids is 1. The number of anilines is 1. The highest BCUT2D eigenvalue weighted by Crippen LogP contribution is 2.14. The highest BCUT2D eigenvalue weighted by Gasteiger charge is 2.04. The van der Waals surface area contributed by atoms with Gasteiger partial charge in [0.25, 0.3) is 5.69 Å². The number of para-hydroxylation sites is 1. The second-order valence-corrected chi connectivity index (χ2v) is 5.29. The van der Waals surface area contributed by atoms with Gasteiger partial charge in [0.1, 0.15) is 19.0 Å². The molecule has 138 valence electrons. The SMILES string of the molecule is O=C(COCCOc1ccccc1)NCCNc1ccc([N+](=O)[O-])cc1. The molecule has 0 unspecified atom stereocenters. The van der Waals surface area contributed by atoms with Gasteiger partial charge in [-0.15, -0.1) is 0 Å². The summed E-state index contributed by atoms with van der Waals surface area (Å²) in [6.45, 7) is 1.58. The van der Waals surface area contributed by atoms with Crippen molar-refractivity contribution in [3.63, 3.8) is 0 Å². The molecule has 2 aromatic carbocycles. The van der Waals surface area contributed by atoms with Crippen LogP contribution in [0.15, 0.2) is 54.6 Å². The second kappa shape index (κ2) is 10.7. The molecule has 0 bridgehead atoms. The molecule has 0 saturated carbocycles. The number of hydrogen-bond acceptors (Lipinski definition) is 6. The topological polar surface area (TPSA) is 103 Å². The van der Waals surface area contributed by atoms with E-state index in [1.807, 2.05) is 30.3 Å². The van der Waals surface area contributed by atoms with E-state index in [-0.39, 0.29) is 18.2 Å². The largest absolute Gasteiger partial charge is 0.491 e. The highest BCUT2D eigenvalue weighted by molar-refractivity contribution is 5.77. The number of hydrogen-bond donors (Lipinski definition) is 2. The molecule has 0 aromatic heterocycles. The van der Waals surface area contributed by atoms with Crippen LogP contribution in [0, 0.1) is 10.1 Å². The van der Waals surface area contributed by atoms with E-state index in [9.17, 15) is 14.9 Å². The lowest BCUT2D eigenvalue weighted by molar-refractivity contribution is -0.384. The predicted molar refractivity (Wildman–Crippen MR) is 97.4 cm³/mol. The van der Waals surface area contributed by atoms with Crippen LogP contribution in [0.5, 0.6) is 5.75 Å². The van der Waals surface area contributed by atoms with Gasteiger partial charge in [0.05, 0.1) is 11.5 Å². The van der Waals surface area contributed by atoms with Gasteiger partial charge >= 0.3 is 0 Å². The molecule has 2 rings (SSSR count). The summed E-state index contributed by atoms with van der Waals surface area (Å²) in [5.74, 6) is 0.549. The van der Waals surface area contributed by atoms with Crippen molar-refractivity contribution >= 4 is 17.3 Å². The van der Waals surface area contributed by atoms with Crippen LogP contribution in [-0.4, -0.2) is 43.7 Å². The first-order chi connectivity index (χ1) is 12.6. The molecule has 26 heavy (non-hydrogen) atoms. The van der Waals surface area contributed by atoms with Crippen LogP contribution in [0.4, 0.5) is 11.4 Å². The Morgan fingerprint density at radius 1 is 1.00 bits per heavy atom. The fourth-order valence-corrected chi connectivity index (χ4v) is 2.06. The first kappa shape index (κ1) is 19.2. The Morgan fingerprint density at radius 2 is 1.73 bits per heavy atom. The highest BCUT2D eigenvalue weighted by atomic mass is 16.6. The molecule has 0 saturated heterocycles. The summed E-state index contributed by atoms with van der Waals surface area (Å²) in [7, 11) is 0. The van der Waals surface area contributed by atoms with Gasteiger partial charge in [-0.05, 0) is 24.3 Å². The Balaban J connectivity index is 1.50. The standard InChI is InChI=1S/C18H21N3O5/c22-18(14-25-12-13-26-17-4-2-1-3-5-17)20-11-10-19-15-6-8-16(9-7-15)21(23)24/h1-9,19H,10-14H2,(H,20,22). The summed E-state index contributed by atoms with van der Waals surface area (Å²) in [6.07, 6.45) is 0. The zero-order valence-electron chi connectivity index (χ0n) is 14.2. The molecular weight excluding hydrogens is 338 g/mol. The van der Waals surface area contributed by atoms with E-state index in [4.69, 9.17) is 9.47 Å². The van der Waals surface area contributed by atoms with Crippen molar-refractivity contribution in [3.05, 3.63) is 64.7 Å². The predicted octanol–water partition coefficient (Wildman–Crippen LogP) is 2.22. The minimum absolute atomic E-state index is 0.0321. The number of nitro groups is 1. The van der Waals surface area contributed by atoms with Crippen LogP contribution >= 0.6 is 0 Å². The number of nitrogens with zero attached hydrogens (tertiary/aromatic N) is 1. The summed E-state index contributed by atoms with van der Waals surface area (Å²) < 4.78 is 10.7. The van der Waals surface area contributed by atoms with Crippen molar-refractivity contribution < 1.29 is 19.2 Å². The molecule has 8 nitrogen and oxygen atoms in total. The first-order valence-electron chi connectivity index (χ1n) is 8.16. The molecule has 0 spiro atoms. The third kappa shape index (κ3) is 7.18. The Bertz CT molecular complexity index is 692. The lowest BCUT2D eigenvalue weighted by Crippen LogP contribution is -2.32. The van der Waals surface area contributed by atoms with Crippen molar-refractivity contribution in [2.45, 2.75) is 0 Å². The molecule has 0 aliphatic carbocycles. The number of amides is 1. The lowest BCUT2D eigenvalue weighted by Gasteiger charge is -2.09. The molecule has 0 atom stereocenters. The maximum atomic E-state index is 11.6. The molecule has 2 aromatic rings. The van der Waals surface area contributed by atoms with E-state index in [0.717, 1.165) is 11.4 Å². The van der Waals surface area contributed by atoms with Crippen LogP contribution < -0.4 is 15.4 Å². The van der Waals surface area contributed by atoms with Crippen LogP contribution in [0.1, 0.15) is 0 Å². The number of non-ortho nitro benzene ring substituents is 1. The van der Waals surface area contributed by atoms with Crippen LogP contribution in [0.25, 0.3) is 0 Å². The molecule has 0 aliphatic rings. The fraction of sp³-hybridized carbons (Fsp3) is 0.278. The minimum atomic E-state index is -0.450. The van der Waals surface area contributed by atoms with Crippen molar-refractivity contribution in [1.82, 2.24) is 5.32 Å². The van der Waals surface area contributed by atoms with Gasteiger partial charge in [-0.2, -0.15) is 0 Å². The fourth-order valence-electron chi connectivity index (χ4n) is 2.06. The van der Waals surface area contributed by atoms with E-state index in [2.05, 4.69) is 10.6 Å². The number of nitrogens with one attached hydrogen (secondary N) is 2. The van der Waals surface area contributed by atoms with E-state index in [0.29, 0.717) is 26.3 Å². The monoisotopic (exact) mass is 359 g/mol. The van der Waals surface area contributed by atoms with Gasteiger partial charge in [-0.25, -0.2) is 0 Å². The van der Waals surface area contributed by atoms with E-state index in [1.165, 1.54) is 12.1 Å². The third-order valence-electron chi connectivity index (χ3n) is 3.33. The molecule has 1 amide bonds.